The molecule has 0 amide bonds. The zero-order chi connectivity index (χ0) is 36.7. The molecule has 3 heterocycles. The minimum absolute atomic E-state index is 0.862. The molecule has 0 bridgehead atoms. The zero-order valence-electron chi connectivity index (χ0n) is 30.2. The van der Waals surface area contributed by atoms with Crippen LogP contribution in [0.2, 0.25) is 0 Å². The summed E-state index contributed by atoms with van der Waals surface area (Å²) in [5, 5.41) is 9.56. The van der Waals surface area contributed by atoms with E-state index in [-0.39, 0.29) is 0 Å². The summed E-state index contributed by atoms with van der Waals surface area (Å²) in [6.07, 6.45) is 0. The highest BCUT2D eigenvalue weighted by atomic mass is 32.1. The number of nitrogens with zero attached hydrogens (tertiary/aromatic N) is 2. The number of anilines is 3. The van der Waals surface area contributed by atoms with Crippen LogP contribution in [0, 0.1) is 0 Å². The van der Waals surface area contributed by atoms with Crippen LogP contribution in [0.1, 0.15) is 0 Å². The monoisotopic (exact) mass is 732 g/mol. The lowest BCUT2D eigenvalue weighted by atomic mass is 9.99. The molecule has 4 heteroatoms. The minimum atomic E-state index is 0.862. The van der Waals surface area contributed by atoms with Crippen LogP contribution < -0.4 is 4.90 Å². The lowest BCUT2D eigenvalue weighted by molar-refractivity contribution is 0.672. The standard InChI is InChI=1S/C52H32N2OS/c1-2-14-37-33(13-1)29-32-41-51-46(23-12-24-47(51)55-52(37)41)53(35-30-27-34(28-31-35)36-18-11-26-49-50(36)40-17-5-10-25-48(40)56-49)44-21-8-9-22-45(44)54-42-19-6-3-15-38(42)39-16-4-7-20-43(39)54/h1-32H. The molecule has 12 aromatic rings. The molecule has 0 aliphatic rings. The van der Waals surface area contributed by atoms with E-state index in [4.69, 9.17) is 4.42 Å². The molecule has 0 aliphatic heterocycles. The number of para-hydroxylation sites is 4. The first-order chi connectivity index (χ1) is 27.8. The van der Waals surface area contributed by atoms with Gasteiger partial charge < -0.3 is 13.9 Å². The molecule has 0 spiro atoms. The van der Waals surface area contributed by atoms with E-state index in [0.717, 1.165) is 55.5 Å². The molecule has 0 radical (unpaired) electrons. The van der Waals surface area contributed by atoms with Gasteiger partial charge in [0.05, 0.1) is 33.5 Å². The summed E-state index contributed by atoms with van der Waals surface area (Å²) in [7, 11) is 0. The van der Waals surface area contributed by atoms with Crippen LogP contribution in [-0.2, 0) is 0 Å². The molecule has 0 N–H and O–H groups in total. The van der Waals surface area contributed by atoms with Crippen molar-refractivity contribution >= 4 is 103 Å². The van der Waals surface area contributed by atoms with Crippen LogP contribution in [0.25, 0.3) is 91.5 Å². The van der Waals surface area contributed by atoms with Gasteiger partial charge in [0.25, 0.3) is 0 Å². The molecule has 9 aromatic carbocycles. The zero-order valence-corrected chi connectivity index (χ0v) is 31.0. The summed E-state index contributed by atoms with van der Waals surface area (Å²) < 4.78 is 11.8. The first kappa shape index (κ1) is 31.2. The van der Waals surface area contributed by atoms with Crippen molar-refractivity contribution in [2.75, 3.05) is 4.90 Å². The molecule has 0 aliphatic carbocycles. The van der Waals surface area contributed by atoms with Crippen molar-refractivity contribution < 1.29 is 4.42 Å². The molecular formula is C52H32N2OS. The van der Waals surface area contributed by atoms with Crippen LogP contribution >= 0.6 is 11.3 Å². The summed E-state index contributed by atoms with van der Waals surface area (Å²) in [6, 6.07) is 70.2. The van der Waals surface area contributed by atoms with Crippen molar-refractivity contribution in [3.05, 3.63) is 194 Å². The summed E-state index contributed by atoms with van der Waals surface area (Å²) in [5.74, 6) is 0. The van der Waals surface area contributed by atoms with Crippen molar-refractivity contribution in [3.63, 3.8) is 0 Å². The molecule has 0 unspecified atom stereocenters. The van der Waals surface area contributed by atoms with Gasteiger partial charge in [-0.3, -0.25) is 0 Å². The quantitative estimate of drug-likeness (QED) is 0.176. The van der Waals surface area contributed by atoms with Crippen LogP contribution in [0.4, 0.5) is 17.1 Å². The van der Waals surface area contributed by atoms with Gasteiger partial charge in [-0.2, -0.15) is 0 Å². The molecule has 0 atom stereocenters. The molecule has 12 rings (SSSR count). The van der Waals surface area contributed by atoms with E-state index >= 15 is 0 Å². The van der Waals surface area contributed by atoms with Crippen molar-refractivity contribution in [1.29, 1.82) is 0 Å². The van der Waals surface area contributed by atoms with E-state index in [1.54, 1.807) is 0 Å². The smallest absolute Gasteiger partial charge is 0.143 e. The summed E-state index contributed by atoms with van der Waals surface area (Å²) in [4.78, 5) is 2.43. The molecule has 56 heavy (non-hydrogen) atoms. The van der Waals surface area contributed by atoms with E-state index in [0.29, 0.717) is 0 Å². The number of thiophene rings is 1. The van der Waals surface area contributed by atoms with E-state index in [9.17, 15) is 0 Å². The molecule has 0 saturated carbocycles. The van der Waals surface area contributed by atoms with Crippen molar-refractivity contribution in [3.8, 4) is 16.8 Å². The van der Waals surface area contributed by atoms with Gasteiger partial charge in [0.1, 0.15) is 11.2 Å². The third-order valence-electron chi connectivity index (χ3n) is 11.4. The van der Waals surface area contributed by atoms with Crippen molar-refractivity contribution in [1.82, 2.24) is 4.57 Å². The third-order valence-corrected chi connectivity index (χ3v) is 12.5. The average molecular weight is 733 g/mol. The normalized spacial score (nSPS) is 11.9. The Bertz CT molecular complexity index is 3440. The fourth-order valence-corrected chi connectivity index (χ4v) is 10.1. The minimum Gasteiger partial charge on any atom is -0.455 e. The molecule has 0 saturated heterocycles. The Labute approximate surface area is 326 Å². The maximum Gasteiger partial charge on any atom is 0.143 e. The largest absolute Gasteiger partial charge is 0.455 e. The number of furan rings is 1. The average Bonchev–Trinajstić information content (AvgIpc) is 3.95. The van der Waals surface area contributed by atoms with Crippen LogP contribution in [-0.4, -0.2) is 4.57 Å². The van der Waals surface area contributed by atoms with E-state index in [1.807, 2.05) is 11.3 Å². The number of hydrogen-bond acceptors (Lipinski definition) is 3. The summed E-state index contributed by atoms with van der Waals surface area (Å²) in [6.45, 7) is 0. The Morgan fingerprint density at radius 3 is 1.89 bits per heavy atom. The maximum absolute atomic E-state index is 6.76. The fraction of sp³-hybridized carbons (Fsp3) is 0. The van der Waals surface area contributed by atoms with Gasteiger partial charge in [0, 0.05) is 47.4 Å². The second-order valence-electron chi connectivity index (χ2n) is 14.4. The Balaban J connectivity index is 1.13. The van der Waals surface area contributed by atoms with Crippen LogP contribution in [0.15, 0.2) is 199 Å². The lowest BCUT2D eigenvalue weighted by Gasteiger charge is -2.29. The van der Waals surface area contributed by atoms with Gasteiger partial charge in [-0.25, -0.2) is 0 Å². The predicted molar refractivity (Wildman–Crippen MR) is 239 cm³/mol. The van der Waals surface area contributed by atoms with Gasteiger partial charge in [-0.05, 0) is 83.2 Å². The lowest BCUT2D eigenvalue weighted by Crippen LogP contribution is -2.13. The predicted octanol–water partition coefficient (Wildman–Crippen LogP) is 15.3. The Morgan fingerprint density at radius 1 is 0.429 bits per heavy atom. The third kappa shape index (κ3) is 4.57. The molecule has 3 aromatic heterocycles. The molecule has 3 nitrogen and oxygen atoms in total. The number of hydrogen-bond donors (Lipinski definition) is 0. The van der Waals surface area contributed by atoms with Gasteiger partial charge in [0.15, 0.2) is 0 Å². The van der Waals surface area contributed by atoms with Crippen LogP contribution in [0.5, 0.6) is 0 Å². The van der Waals surface area contributed by atoms with Crippen molar-refractivity contribution in [2.24, 2.45) is 0 Å². The van der Waals surface area contributed by atoms with E-state index < -0.39 is 0 Å². The highest BCUT2D eigenvalue weighted by Gasteiger charge is 2.24. The topological polar surface area (TPSA) is 21.3 Å². The van der Waals surface area contributed by atoms with Crippen LogP contribution in [0.3, 0.4) is 0 Å². The van der Waals surface area contributed by atoms with Crippen molar-refractivity contribution in [2.45, 2.75) is 0 Å². The molecular weight excluding hydrogens is 701 g/mol. The first-order valence-corrected chi connectivity index (χ1v) is 19.8. The van der Waals surface area contributed by atoms with Gasteiger partial charge >= 0.3 is 0 Å². The maximum atomic E-state index is 6.76. The Kier molecular flexibility index (Phi) is 6.80. The number of benzene rings is 9. The Morgan fingerprint density at radius 2 is 1.07 bits per heavy atom. The first-order valence-electron chi connectivity index (χ1n) is 19.0. The van der Waals surface area contributed by atoms with Gasteiger partial charge in [-0.15, -0.1) is 11.3 Å². The Hall–Kier alpha value is -7.14. The summed E-state index contributed by atoms with van der Waals surface area (Å²) in [5.41, 5.74) is 10.8. The molecule has 0 fully saturated rings. The van der Waals surface area contributed by atoms with E-state index in [2.05, 4.69) is 204 Å². The van der Waals surface area contributed by atoms with Gasteiger partial charge in [0.2, 0.25) is 0 Å². The highest BCUT2D eigenvalue weighted by molar-refractivity contribution is 7.25. The SMILES string of the molecule is c1ccc(-n2c3ccccc3c3ccccc32)c(N(c2ccc(-c3cccc4sc5ccccc5c34)cc2)c2cccc3oc4c5ccccc5ccc4c23)c1. The second-order valence-corrected chi connectivity index (χ2v) is 15.5. The number of rotatable bonds is 5. The highest BCUT2D eigenvalue weighted by Crippen LogP contribution is 2.48. The van der Waals surface area contributed by atoms with E-state index in [1.165, 1.54) is 53.1 Å². The number of aromatic nitrogens is 1. The summed E-state index contributed by atoms with van der Waals surface area (Å²) >= 11 is 1.86. The molecule has 262 valence electrons. The fourth-order valence-electron chi connectivity index (χ4n) is 8.96. The second kappa shape index (κ2) is 12.2. The number of fused-ring (bicyclic) bond motifs is 11. The van der Waals surface area contributed by atoms with Gasteiger partial charge in [-0.1, -0.05) is 127 Å².